The first-order valence-corrected chi connectivity index (χ1v) is 7.12. The Kier molecular flexibility index (Phi) is 6.45. The first-order chi connectivity index (χ1) is 10.1. The van der Waals surface area contributed by atoms with Gasteiger partial charge in [0.2, 0.25) is 5.91 Å². The van der Waals surface area contributed by atoms with Crippen molar-refractivity contribution in [3.63, 3.8) is 0 Å². The second-order valence-electron chi connectivity index (χ2n) is 6.42. The summed E-state index contributed by atoms with van der Waals surface area (Å²) in [5, 5.41) is 31.5. The number of Topliss-reactive ketones (excluding diaryl/α,β-unsaturated/α-hetero) is 1. The van der Waals surface area contributed by atoms with Crippen LogP contribution in [0, 0.1) is 5.41 Å². The maximum Gasteiger partial charge on any atom is 0.217 e. The Morgan fingerprint density at radius 1 is 1.23 bits per heavy atom. The highest BCUT2D eigenvalue weighted by Gasteiger charge is 2.45. The van der Waals surface area contributed by atoms with Crippen LogP contribution in [0.5, 0.6) is 0 Å². The van der Waals surface area contributed by atoms with E-state index >= 15 is 0 Å². The molecular formula is C14H25NO7. The highest BCUT2D eigenvalue weighted by atomic mass is 16.7. The zero-order valence-corrected chi connectivity index (χ0v) is 13.3. The Morgan fingerprint density at radius 2 is 1.82 bits per heavy atom. The van der Waals surface area contributed by atoms with Crippen LogP contribution < -0.4 is 5.32 Å². The summed E-state index contributed by atoms with van der Waals surface area (Å²) in [6, 6.07) is -1.04. The molecule has 1 fully saturated rings. The number of aliphatic hydroxyl groups is 3. The molecule has 1 aliphatic heterocycles. The Labute approximate surface area is 129 Å². The van der Waals surface area contributed by atoms with Gasteiger partial charge in [-0.05, 0) is 0 Å². The number of carbonyl (C=O) groups excluding carboxylic acids is 2. The molecule has 0 aromatic rings. The van der Waals surface area contributed by atoms with Crippen molar-refractivity contribution in [3.05, 3.63) is 0 Å². The highest BCUT2D eigenvalue weighted by Crippen LogP contribution is 2.23. The molecule has 0 bridgehead atoms. The predicted octanol–water partition coefficient (Wildman–Crippen LogP) is -1.44. The van der Waals surface area contributed by atoms with Crippen molar-refractivity contribution in [2.24, 2.45) is 5.41 Å². The van der Waals surface area contributed by atoms with E-state index in [9.17, 15) is 19.8 Å². The minimum Gasteiger partial charge on any atom is -0.394 e. The predicted molar refractivity (Wildman–Crippen MR) is 75.8 cm³/mol. The third-order valence-electron chi connectivity index (χ3n) is 3.47. The van der Waals surface area contributed by atoms with E-state index in [1.165, 1.54) is 6.92 Å². The van der Waals surface area contributed by atoms with Crippen molar-refractivity contribution < 1.29 is 34.4 Å². The lowest BCUT2D eigenvalue weighted by Crippen LogP contribution is -2.64. The first-order valence-electron chi connectivity index (χ1n) is 7.12. The molecule has 5 atom stereocenters. The van der Waals surface area contributed by atoms with E-state index < -0.39 is 48.6 Å². The molecule has 1 amide bonds. The minimum absolute atomic E-state index is 0.182. The third-order valence-corrected chi connectivity index (χ3v) is 3.47. The van der Waals surface area contributed by atoms with Crippen molar-refractivity contribution in [2.75, 3.05) is 13.2 Å². The quantitative estimate of drug-likeness (QED) is 0.489. The lowest BCUT2D eigenvalue weighted by Gasteiger charge is -2.42. The van der Waals surface area contributed by atoms with Crippen LogP contribution in [0.4, 0.5) is 0 Å². The van der Waals surface area contributed by atoms with Gasteiger partial charge in [-0.1, -0.05) is 20.8 Å². The molecule has 22 heavy (non-hydrogen) atoms. The maximum atomic E-state index is 11.9. The van der Waals surface area contributed by atoms with Crippen molar-refractivity contribution in [2.45, 2.75) is 58.3 Å². The van der Waals surface area contributed by atoms with Gasteiger partial charge in [-0.25, -0.2) is 0 Å². The molecule has 0 aromatic carbocycles. The van der Waals surface area contributed by atoms with Crippen LogP contribution in [0.3, 0.4) is 0 Å². The largest absolute Gasteiger partial charge is 0.394 e. The second kappa shape index (κ2) is 7.47. The van der Waals surface area contributed by atoms with Gasteiger partial charge in [0.25, 0.3) is 0 Å². The minimum atomic E-state index is -1.38. The van der Waals surface area contributed by atoms with Gasteiger partial charge in [0.15, 0.2) is 12.1 Å². The number of nitrogens with one attached hydrogen (secondary N) is 1. The number of amides is 1. The number of hydrogen-bond donors (Lipinski definition) is 4. The Balaban J connectivity index is 2.81. The summed E-state index contributed by atoms with van der Waals surface area (Å²) in [6.45, 7) is 5.65. The van der Waals surface area contributed by atoms with Crippen LogP contribution in [0.2, 0.25) is 0 Å². The smallest absolute Gasteiger partial charge is 0.217 e. The number of ether oxygens (including phenoxy) is 2. The van der Waals surface area contributed by atoms with Crippen molar-refractivity contribution in [1.29, 1.82) is 0 Å². The Bertz CT molecular complexity index is 406. The number of rotatable bonds is 5. The zero-order valence-electron chi connectivity index (χ0n) is 13.3. The van der Waals surface area contributed by atoms with Crippen LogP contribution in [0.15, 0.2) is 0 Å². The molecule has 1 rings (SSSR count). The standard InChI is InChI=1S/C14H25NO7/c1-7(17)15-10-12(20)11(19)8(5-16)22-13(10)21-6-9(18)14(2,3)4/h8,10-13,16,19-20H,5-6H2,1-4H3,(H,15,17)/t8-,10-,11+,12-,13-/m1/s1. The molecule has 0 aliphatic carbocycles. The van der Waals surface area contributed by atoms with Gasteiger partial charge in [0.1, 0.15) is 31.0 Å². The second-order valence-corrected chi connectivity index (χ2v) is 6.42. The molecule has 0 unspecified atom stereocenters. The van der Waals surface area contributed by atoms with E-state index in [0.717, 1.165) is 0 Å². The van der Waals surface area contributed by atoms with Gasteiger partial charge in [-0.2, -0.15) is 0 Å². The van der Waals surface area contributed by atoms with Crippen molar-refractivity contribution in [3.8, 4) is 0 Å². The van der Waals surface area contributed by atoms with E-state index in [0.29, 0.717) is 0 Å². The maximum absolute atomic E-state index is 11.9. The van der Waals surface area contributed by atoms with Crippen LogP contribution in [-0.2, 0) is 19.1 Å². The van der Waals surface area contributed by atoms with Gasteiger partial charge >= 0.3 is 0 Å². The Hall–Kier alpha value is -1.06. The van der Waals surface area contributed by atoms with Crippen molar-refractivity contribution in [1.82, 2.24) is 5.32 Å². The lowest BCUT2D eigenvalue weighted by atomic mass is 9.91. The fourth-order valence-corrected chi connectivity index (χ4v) is 1.99. The summed E-state index contributed by atoms with van der Waals surface area (Å²) >= 11 is 0. The third kappa shape index (κ3) is 4.72. The molecule has 8 nitrogen and oxygen atoms in total. The molecule has 8 heteroatoms. The van der Waals surface area contributed by atoms with E-state index in [2.05, 4.69) is 5.32 Å². The summed E-state index contributed by atoms with van der Waals surface area (Å²) in [5.74, 6) is -0.628. The summed E-state index contributed by atoms with van der Waals surface area (Å²) in [5.41, 5.74) is -0.604. The molecule has 0 spiro atoms. The van der Waals surface area contributed by atoms with Crippen LogP contribution in [-0.4, -0.2) is 70.9 Å². The average molecular weight is 319 g/mol. The monoisotopic (exact) mass is 319 g/mol. The molecule has 1 aliphatic rings. The first kappa shape index (κ1) is 19.0. The van der Waals surface area contributed by atoms with Crippen LogP contribution >= 0.6 is 0 Å². The summed E-state index contributed by atoms with van der Waals surface area (Å²) in [6.07, 6.45) is -4.97. The number of carbonyl (C=O) groups is 2. The van der Waals surface area contributed by atoms with Gasteiger partial charge in [0.05, 0.1) is 6.61 Å². The van der Waals surface area contributed by atoms with E-state index in [1.807, 2.05) is 0 Å². The number of hydrogen-bond acceptors (Lipinski definition) is 7. The SMILES string of the molecule is CC(=O)N[C@H]1[C@H](OCC(=O)C(C)(C)C)O[C@H](CO)[C@H](O)[C@@H]1O. The lowest BCUT2D eigenvalue weighted by molar-refractivity contribution is -0.268. The summed E-state index contributed by atoms with van der Waals surface area (Å²) in [4.78, 5) is 23.1. The van der Waals surface area contributed by atoms with Crippen LogP contribution in [0.25, 0.3) is 0 Å². The van der Waals surface area contributed by atoms with E-state index in [4.69, 9.17) is 14.6 Å². The summed E-state index contributed by atoms with van der Waals surface area (Å²) in [7, 11) is 0. The van der Waals surface area contributed by atoms with Crippen LogP contribution in [0.1, 0.15) is 27.7 Å². The van der Waals surface area contributed by atoms with Gasteiger partial charge in [-0.15, -0.1) is 0 Å². The normalized spacial score (nSPS) is 32.6. The molecule has 1 saturated heterocycles. The average Bonchev–Trinajstić information content (AvgIpc) is 2.41. The molecule has 0 saturated carbocycles. The molecule has 128 valence electrons. The van der Waals surface area contributed by atoms with Gasteiger partial charge in [0, 0.05) is 12.3 Å². The summed E-state index contributed by atoms with van der Waals surface area (Å²) < 4.78 is 10.7. The molecule has 1 heterocycles. The van der Waals surface area contributed by atoms with Gasteiger partial charge < -0.3 is 30.1 Å². The van der Waals surface area contributed by atoms with Gasteiger partial charge in [-0.3, -0.25) is 9.59 Å². The fraction of sp³-hybridized carbons (Fsp3) is 0.857. The molecule has 4 N–H and O–H groups in total. The number of ketones is 1. The fourth-order valence-electron chi connectivity index (χ4n) is 1.99. The highest BCUT2D eigenvalue weighted by molar-refractivity contribution is 5.84. The molecular weight excluding hydrogens is 294 g/mol. The zero-order chi connectivity index (χ0) is 17.1. The van der Waals surface area contributed by atoms with E-state index in [-0.39, 0.29) is 12.4 Å². The van der Waals surface area contributed by atoms with E-state index in [1.54, 1.807) is 20.8 Å². The topological polar surface area (TPSA) is 125 Å². The van der Waals surface area contributed by atoms with Crippen molar-refractivity contribution >= 4 is 11.7 Å². The Morgan fingerprint density at radius 3 is 2.27 bits per heavy atom. The molecule has 0 radical (unpaired) electrons. The molecule has 0 aromatic heterocycles. The number of aliphatic hydroxyl groups excluding tert-OH is 3.